The van der Waals surface area contributed by atoms with Crippen molar-refractivity contribution in [2.45, 2.75) is 19.4 Å². The van der Waals surface area contributed by atoms with Crippen molar-refractivity contribution in [1.29, 1.82) is 0 Å². The highest BCUT2D eigenvalue weighted by atomic mass is 16.2. The molecular formula is C25H25N3O. The van der Waals surface area contributed by atoms with Crippen LogP contribution < -0.4 is 10.6 Å². The number of aryl methyl sites for hydroxylation is 1. The van der Waals surface area contributed by atoms with Gasteiger partial charge < -0.3 is 15.6 Å². The lowest BCUT2D eigenvalue weighted by Crippen LogP contribution is -2.34. The van der Waals surface area contributed by atoms with E-state index in [9.17, 15) is 4.79 Å². The second kappa shape index (κ2) is 8.76. The summed E-state index contributed by atoms with van der Waals surface area (Å²) in [5.41, 5.74) is 5.31. The van der Waals surface area contributed by atoms with E-state index in [0.717, 1.165) is 23.2 Å². The Morgan fingerprint density at radius 1 is 0.931 bits per heavy atom. The first kappa shape index (κ1) is 19.0. The maximum absolute atomic E-state index is 13.0. The molecule has 1 heterocycles. The molecule has 146 valence electrons. The number of H-pyrrole nitrogens is 1. The first-order valence-electron chi connectivity index (χ1n) is 9.91. The number of anilines is 1. The molecule has 4 heteroatoms. The summed E-state index contributed by atoms with van der Waals surface area (Å²) in [5.74, 6) is -0.0565. The third-order valence-corrected chi connectivity index (χ3v) is 5.13. The number of carbonyl (C=O) groups excluding carboxylic acids is 1. The van der Waals surface area contributed by atoms with Crippen molar-refractivity contribution in [3.8, 4) is 0 Å². The molecule has 0 bridgehead atoms. The summed E-state index contributed by atoms with van der Waals surface area (Å²) in [6, 6.07) is 25.6. The van der Waals surface area contributed by atoms with Crippen LogP contribution in [0, 0.1) is 6.92 Å². The zero-order valence-corrected chi connectivity index (χ0v) is 16.5. The molecule has 1 aromatic heterocycles. The molecule has 0 aliphatic carbocycles. The van der Waals surface area contributed by atoms with E-state index in [1.54, 1.807) is 0 Å². The van der Waals surface area contributed by atoms with Crippen LogP contribution in [-0.2, 0) is 11.2 Å². The molecule has 4 aromatic rings. The van der Waals surface area contributed by atoms with Crippen molar-refractivity contribution in [2.24, 2.45) is 0 Å². The van der Waals surface area contributed by atoms with Crippen molar-refractivity contribution in [2.75, 3.05) is 11.9 Å². The van der Waals surface area contributed by atoms with Gasteiger partial charge in [0.15, 0.2) is 0 Å². The molecule has 0 radical (unpaired) electrons. The van der Waals surface area contributed by atoms with E-state index >= 15 is 0 Å². The van der Waals surface area contributed by atoms with Gasteiger partial charge in [-0.1, -0.05) is 66.2 Å². The monoisotopic (exact) mass is 383 g/mol. The molecule has 0 fully saturated rings. The lowest BCUT2D eigenvalue weighted by atomic mass is 10.0. The van der Waals surface area contributed by atoms with Gasteiger partial charge in [0.1, 0.15) is 6.04 Å². The Hall–Kier alpha value is -3.37. The zero-order chi connectivity index (χ0) is 20.1. The number of para-hydroxylation sites is 1. The van der Waals surface area contributed by atoms with Crippen LogP contribution in [0.5, 0.6) is 0 Å². The van der Waals surface area contributed by atoms with E-state index in [1.165, 1.54) is 16.5 Å². The summed E-state index contributed by atoms with van der Waals surface area (Å²) in [7, 11) is 0. The van der Waals surface area contributed by atoms with Crippen LogP contribution in [0.4, 0.5) is 5.69 Å². The number of hydrogen-bond donors (Lipinski definition) is 3. The highest BCUT2D eigenvalue weighted by Gasteiger charge is 2.20. The standard InChI is InChI=1S/C25H25N3O/c1-18-11-13-21(14-12-18)28-25(29)24(19-7-3-2-4-8-19)26-16-15-20-17-27-23-10-6-5-9-22(20)23/h2-14,17,24,26-27H,15-16H2,1H3,(H,28,29)/t24-/m0/s1. The molecule has 3 N–H and O–H groups in total. The number of fused-ring (bicyclic) bond motifs is 1. The Morgan fingerprint density at radius 2 is 1.66 bits per heavy atom. The van der Waals surface area contributed by atoms with Gasteiger partial charge in [-0.05, 0) is 42.7 Å². The van der Waals surface area contributed by atoms with Gasteiger partial charge in [-0.25, -0.2) is 0 Å². The molecule has 1 atom stereocenters. The minimum atomic E-state index is -0.414. The van der Waals surface area contributed by atoms with Crippen molar-refractivity contribution >= 4 is 22.5 Å². The summed E-state index contributed by atoms with van der Waals surface area (Å²) in [5, 5.41) is 7.71. The fourth-order valence-electron chi connectivity index (χ4n) is 3.55. The molecule has 0 aliphatic heterocycles. The van der Waals surface area contributed by atoms with Crippen LogP contribution in [0.2, 0.25) is 0 Å². The van der Waals surface area contributed by atoms with Crippen LogP contribution >= 0.6 is 0 Å². The van der Waals surface area contributed by atoms with Crippen LogP contribution in [0.1, 0.15) is 22.7 Å². The lowest BCUT2D eigenvalue weighted by molar-refractivity contribution is -0.118. The largest absolute Gasteiger partial charge is 0.361 e. The molecule has 0 aliphatic rings. The van der Waals surface area contributed by atoms with Gasteiger partial charge in [0.05, 0.1) is 0 Å². The molecule has 29 heavy (non-hydrogen) atoms. The van der Waals surface area contributed by atoms with Gasteiger partial charge in [0.2, 0.25) is 5.91 Å². The molecule has 1 amide bonds. The third kappa shape index (κ3) is 4.55. The summed E-state index contributed by atoms with van der Waals surface area (Å²) in [4.78, 5) is 16.3. The van der Waals surface area contributed by atoms with Crippen LogP contribution in [0.15, 0.2) is 85.1 Å². The van der Waals surface area contributed by atoms with Gasteiger partial charge >= 0.3 is 0 Å². The van der Waals surface area contributed by atoms with Crippen molar-refractivity contribution in [3.63, 3.8) is 0 Å². The number of hydrogen-bond acceptors (Lipinski definition) is 2. The normalized spacial score (nSPS) is 12.0. The van der Waals surface area contributed by atoms with Gasteiger partial charge in [-0.2, -0.15) is 0 Å². The second-order valence-electron chi connectivity index (χ2n) is 7.26. The van der Waals surface area contributed by atoms with E-state index in [1.807, 2.05) is 67.6 Å². The van der Waals surface area contributed by atoms with E-state index < -0.39 is 6.04 Å². The summed E-state index contributed by atoms with van der Waals surface area (Å²) >= 11 is 0. The van der Waals surface area contributed by atoms with Crippen LogP contribution in [-0.4, -0.2) is 17.4 Å². The van der Waals surface area contributed by atoms with Crippen molar-refractivity contribution in [3.05, 3.63) is 102 Å². The van der Waals surface area contributed by atoms with Gasteiger partial charge in [0.25, 0.3) is 0 Å². The molecule has 3 aromatic carbocycles. The Morgan fingerprint density at radius 3 is 2.45 bits per heavy atom. The van der Waals surface area contributed by atoms with Crippen molar-refractivity contribution in [1.82, 2.24) is 10.3 Å². The Kier molecular flexibility index (Phi) is 5.73. The maximum atomic E-state index is 13.0. The Balaban J connectivity index is 1.47. The second-order valence-corrected chi connectivity index (χ2v) is 7.26. The fraction of sp³-hybridized carbons (Fsp3) is 0.160. The van der Waals surface area contributed by atoms with Crippen LogP contribution in [0.3, 0.4) is 0 Å². The lowest BCUT2D eigenvalue weighted by Gasteiger charge is -2.19. The number of benzene rings is 3. The zero-order valence-electron chi connectivity index (χ0n) is 16.5. The van der Waals surface area contributed by atoms with E-state index in [0.29, 0.717) is 6.54 Å². The van der Waals surface area contributed by atoms with Gasteiger partial charge in [0, 0.05) is 29.3 Å². The van der Waals surface area contributed by atoms with Crippen molar-refractivity contribution < 1.29 is 4.79 Å². The fourth-order valence-corrected chi connectivity index (χ4v) is 3.55. The number of carbonyl (C=O) groups is 1. The minimum Gasteiger partial charge on any atom is -0.361 e. The van der Waals surface area contributed by atoms with Gasteiger partial charge in [-0.3, -0.25) is 4.79 Å². The smallest absolute Gasteiger partial charge is 0.246 e. The number of rotatable bonds is 7. The summed E-state index contributed by atoms with van der Waals surface area (Å²) in [6.07, 6.45) is 2.89. The minimum absolute atomic E-state index is 0.0565. The van der Waals surface area contributed by atoms with E-state index in [-0.39, 0.29) is 5.91 Å². The topological polar surface area (TPSA) is 56.9 Å². The summed E-state index contributed by atoms with van der Waals surface area (Å²) in [6.45, 7) is 2.73. The predicted molar refractivity (Wildman–Crippen MR) is 119 cm³/mol. The quantitative estimate of drug-likeness (QED) is 0.421. The average molecular weight is 383 g/mol. The molecular weight excluding hydrogens is 358 g/mol. The third-order valence-electron chi connectivity index (χ3n) is 5.13. The molecule has 4 rings (SSSR count). The number of aromatic amines is 1. The highest BCUT2D eigenvalue weighted by Crippen LogP contribution is 2.20. The first-order valence-corrected chi connectivity index (χ1v) is 9.91. The number of amides is 1. The summed E-state index contributed by atoms with van der Waals surface area (Å²) < 4.78 is 0. The number of aromatic nitrogens is 1. The molecule has 0 spiro atoms. The Bertz CT molecular complexity index is 1080. The van der Waals surface area contributed by atoms with Crippen LogP contribution in [0.25, 0.3) is 10.9 Å². The van der Waals surface area contributed by atoms with Gasteiger partial charge in [-0.15, -0.1) is 0 Å². The number of nitrogens with one attached hydrogen (secondary N) is 3. The average Bonchev–Trinajstić information content (AvgIpc) is 3.16. The maximum Gasteiger partial charge on any atom is 0.246 e. The molecule has 0 saturated heterocycles. The molecule has 4 nitrogen and oxygen atoms in total. The molecule has 0 saturated carbocycles. The first-order chi connectivity index (χ1) is 14.2. The molecule has 0 unspecified atom stereocenters. The Labute approximate surface area is 171 Å². The van der Waals surface area contributed by atoms with E-state index in [4.69, 9.17) is 0 Å². The highest BCUT2D eigenvalue weighted by molar-refractivity contribution is 5.95. The predicted octanol–water partition coefficient (Wildman–Crippen LogP) is 4.99. The van der Waals surface area contributed by atoms with E-state index in [2.05, 4.69) is 40.0 Å². The SMILES string of the molecule is Cc1ccc(NC(=O)[C@@H](NCCc2c[nH]c3ccccc23)c2ccccc2)cc1.